The Morgan fingerprint density at radius 1 is 1.50 bits per heavy atom. The van der Waals surface area contributed by atoms with Crippen molar-refractivity contribution < 1.29 is 15.0 Å². The van der Waals surface area contributed by atoms with Crippen LogP contribution in [0.2, 0.25) is 0 Å². The van der Waals surface area contributed by atoms with Crippen LogP contribution in [-0.4, -0.2) is 52.4 Å². The molecule has 1 aliphatic heterocycles. The molecule has 0 aromatic rings. The highest BCUT2D eigenvalue weighted by Crippen LogP contribution is 2.11. The summed E-state index contributed by atoms with van der Waals surface area (Å²) in [6.07, 6.45) is -0.159. The summed E-state index contributed by atoms with van der Waals surface area (Å²) in [5, 5.41) is 18.5. The summed E-state index contributed by atoms with van der Waals surface area (Å²) in [6, 6.07) is -0.502. The van der Waals surface area contributed by atoms with Crippen LogP contribution in [0, 0.1) is 0 Å². The van der Waals surface area contributed by atoms with Crippen LogP contribution in [0.5, 0.6) is 0 Å². The molecule has 0 aromatic heterocycles. The third-order valence-corrected chi connectivity index (χ3v) is 2.49. The Morgan fingerprint density at radius 3 is 2.43 bits per heavy atom. The highest BCUT2D eigenvalue weighted by atomic mass is 16.3. The molecule has 1 aliphatic rings. The van der Waals surface area contributed by atoms with Gasteiger partial charge < -0.3 is 20.8 Å². The maximum Gasteiger partial charge on any atom is 0.239 e. The molecule has 0 saturated carbocycles. The number of hydrogen-bond acceptors (Lipinski definition) is 4. The van der Waals surface area contributed by atoms with Gasteiger partial charge in [-0.25, -0.2) is 0 Å². The van der Waals surface area contributed by atoms with Crippen LogP contribution in [0.25, 0.3) is 0 Å². The van der Waals surface area contributed by atoms with Crippen LogP contribution in [0.3, 0.4) is 0 Å². The van der Waals surface area contributed by atoms with E-state index in [1.54, 1.807) is 0 Å². The van der Waals surface area contributed by atoms with Gasteiger partial charge in [-0.3, -0.25) is 4.79 Å². The summed E-state index contributed by atoms with van der Waals surface area (Å²) < 4.78 is 0. The summed E-state index contributed by atoms with van der Waals surface area (Å²) in [5.41, 5.74) is 5.64. The number of rotatable bonds is 3. The predicted octanol–water partition coefficient (Wildman–Crippen LogP) is -1.32. The minimum Gasteiger partial charge on any atom is -0.388 e. The Morgan fingerprint density at radius 2 is 2.00 bits per heavy atom. The summed E-state index contributed by atoms with van der Waals surface area (Å²) in [5.74, 6) is -0.178. The van der Waals surface area contributed by atoms with Gasteiger partial charge in [0, 0.05) is 13.1 Å². The van der Waals surface area contributed by atoms with Gasteiger partial charge in [0.15, 0.2) is 0 Å². The number of nitrogens with two attached hydrogens (primary N) is 1. The molecule has 0 aliphatic carbocycles. The summed E-state index contributed by atoms with van der Waals surface area (Å²) in [4.78, 5) is 13.0. The number of carbonyl (C=O) groups excluding carboxylic acids is 1. The molecule has 0 aromatic carbocycles. The van der Waals surface area contributed by atoms with Gasteiger partial charge in [0.1, 0.15) is 0 Å². The van der Waals surface area contributed by atoms with E-state index in [4.69, 9.17) is 5.73 Å². The number of aliphatic hydroxyl groups is 2. The highest BCUT2D eigenvalue weighted by Gasteiger charge is 2.34. The molecule has 82 valence electrons. The molecule has 0 unspecified atom stereocenters. The van der Waals surface area contributed by atoms with Crippen molar-refractivity contribution in [2.45, 2.75) is 38.0 Å². The number of carbonyl (C=O) groups is 1. The van der Waals surface area contributed by atoms with Crippen LogP contribution in [-0.2, 0) is 4.79 Å². The maximum absolute atomic E-state index is 11.6. The molecular formula is C9H18N2O3. The molecule has 1 rings (SSSR count). The first-order valence-electron chi connectivity index (χ1n) is 4.96. The summed E-state index contributed by atoms with van der Waals surface area (Å²) >= 11 is 0. The lowest BCUT2D eigenvalue weighted by molar-refractivity contribution is -0.132. The average molecular weight is 202 g/mol. The molecule has 5 heteroatoms. The second-order valence-electron chi connectivity index (χ2n) is 3.77. The van der Waals surface area contributed by atoms with Gasteiger partial charge in [0.25, 0.3) is 0 Å². The number of nitrogens with zero attached hydrogens (tertiary/aromatic N) is 1. The fourth-order valence-corrected chi connectivity index (χ4v) is 1.62. The van der Waals surface area contributed by atoms with Crippen LogP contribution in [0.4, 0.5) is 0 Å². The average Bonchev–Trinajstić information content (AvgIpc) is 2.46. The van der Waals surface area contributed by atoms with Gasteiger partial charge in [0.2, 0.25) is 5.91 Å². The fraction of sp³-hybridized carbons (Fsp3) is 0.889. The monoisotopic (exact) mass is 202 g/mol. The van der Waals surface area contributed by atoms with Crippen molar-refractivity contribution in [3.05, 3.63) is 0 Å². The van der Waals surface area contributed by atoms with E-state index in [9.17, 15) is 15.0 Å². The van der Waals surface area contributed by atoms with E-state index in [0.29, 0.717) is 6.42 Å². The molecule has 1 heterocycles. The summed E-state index contributed by atoms with van der Waals surface area (Å²) in [7, 11) is 0. The third-order valence-electron chi connectivity index (χ3n) is 2.49. The molecule has 1 fully saturated rings. The minimum atomic E-state index is -0.826. The normalized spacial score (nSPS) is 29.3. The lowest BCUT2D eigenvalue weighted by atomic mass is 10.1. The molecule has 1 saturated heterocycles. The first-order chi connectivity index (χ1) is 6.56. The zero-order valence-electron chi connectivity index (χ0n) is 8.39. The third kappa shape index (κ3) is 2.43. The first kappa shape index (κ1) is 11.4. The quantitative estimate of drug-likeness (QED) is 0.529. The standard InChI is InChI=1S/C9H18N2O3/c1-2-3-6(10)9(14)11-4-7(12)8(13)5-11/h6-8,12-13H,2-5,10H2,1H3/t6-,7-,8+/m0/s1. The fourth-order valence-electron chi connectivity index (χ4n) is 1.62. The van der Waals surface area contributed by atoms with E-state index >= 15 is 0 Å². The molecular weight excluding hydrogens is 184 g/mol. The zero-order chi connectivity index (χ0) is 10.7. The van der Waals surface area contributed by atoms with E-state index < -0.39 is 18.2 Å². The van der Waals surface area contributed by atoms with Crippen LogP contribution < -0.4 is 5.73 Å². The van der Waals surface area contributed by atoms with Gasteiger partial charge in [-0.1, -0.05) is 13.3 Å². The van der Waals surface area contributed by atoms with Gasteiger partial charge in [0.05, 0.1) is 18.2 Å². The number of likely N-dealkylation sites (tertiary alicyclic amines) is 1. The number of aliphatic hydroxyl groups excluding tert-OH is 2. The maximum atomic E-state index is 11.6. The van der Waals surface area contributed by atoms with Crippen molar-refractivity contribution >= 4 is 5.91 Å². The molecule has 5 nitrogen and oxygen atoms in total. The van der Waals surface area contributed by atoms with Crippen LogP contribution in [0.15, 0.2) is 0 Å². The smallest absolute Gasteiger partial charge is 0.239 e. The Bertz CT molecular complexity index is 200. The number of β-amino-alcohol motifs (C(OH)–C–C–N with tert-alkyl or cyclic N) is 2. The minimum absolute atomic E-state index is 0.178. The molecule has 0 spiro atoms. The molecule has 0 bridgehead atoms. The Hall–Kier alpha value is -0.650. The summed E-state index contributed by atoms with van der Waals surface area (Å²) in [6.45, 7) is 2.34. The lowest BCUT2D eigenvalue weighted by Crippen LogP contribution is -2.43. The Kier molecular flexibility index (Phi) is 3.86. The molecule has 3 atom stereocenters. The van der Waals surface area contributed by atoms with Gasteiger partial charge >= 0.3 is 0 Å². The van der Waals surface area contributed by atoms with Crippen LogP contribution >= 0.6 is 0 Å². The zero-order valence-corrected chi connectivity index (χ0v) is 8.39. The van der Waals surface area contributed by atoms with Gasteiger partial charge in [-0.15, -0.1) is 0 Å². The largest absolute Gasteiger partial charge is 0.388 e. The molecule has 0 radical (unpaired) electrons. The van der Waals surface area contributed by atoms with Crippen molar-refractivity contribution in [3.8, 4) is 0 Å². The Balaban J connectivity index is 2.46. The second kappa shape index (κ2) is 4.72. The Labute approximate surface area is 83.5 Å². The number of amides is 1. The lowest BCUT2D eigenvalue weighted by Gasteiger charge is -2.19. The molecule has 1 amide bonds. The van der Waals surface area contributed by atoms with Gasteiger partial charge in [-0.05, 0) is 6.42 Å². The van der Waals surface area contributed by atoms with E-state index in [0.717, 1.165) is 6.42 Å². The van der Waals surface area contributed by atoms with E-state index in [2.05, 4.69) is 0 Å². The first-order valence-corrected chi connectivity index (χ1v) is 4.96. The van der Waals surface area contributed by atoms with Gasteiger partial charge in [-0.2, -0.15) is 0 Å². The van der Waals surface area contributed by atoms with E-state index in [-0.39, 0.29) is 19.0 Å². The van der Waals surface area contributed by atoms with Crippen molar-refractivity contribution in [2.75, 3.05) is 13.1 Å². The predicted molar refractivity (Wildman–Crippen MR) is 51.5 cm³/mol. The molecule has 4 N–H and O–H groups in total. The SMILES string of the molecule is CCC[C@H](N)C(=O)N1C[C@@H](O)[C@@H](O)C1. The van der Waals surface area contributed by atoms with Crippen molar-refractivity contribution in [1.82, 2.24) is 4.90 Å². The topological polar surface area (TPSA) is 86.8 Å². The van der Waals surface area contributed by atoms with E-state index in [1.165, 1.54) is 4.90 Å². The van der Waals surface area contributed by atoms with Crippen LogP contribution in [0.1, 0.15) is 19.8 Å². The van der Waals surface area contributed by atoms with E-state index in [1.807, 2.05) is 6.92 Å². The number of hydrogen-bond donors (Lipinski definition) is 3. The molecule has 14 heavy (non-hydrogen) atoms. The highest BCUT2D eigenvalue weighted by molar-refractivity contribution is 5.82. The van der Waals surface area contributed by atoms with Crippen molar-refractivity contribution in [1.29, 1.82) is 0 Å². The van der Waals surface area contributed by atoms with Crippen molar-refractivity contribution in [3.63, 3.8) is 0 Å². The van der Waals surface area contributed by atoms with Crippen molar-refractivity contribution in [2.24, 2.45) is 5.73 Å². The second-order valence-corrected chi connectivity index (χ2v) is 3.77.